The Morgan fingerprint density at radius 1 is 1.26 bits per heavy atom. The van der Waals surface area contributed by atoms with Gasteiger partial charge in [0.25, 0.3) is 0 Å². The maximum absolute atomic E-state index is 12.2. The van der Waals surface area contributed by atoms with Crippen molar-refractivity contribution >= 4 is 5.97 Å². The second kappa shape index (κ2) is 8.54. The highest BCUT2D eigenvalue weighted by Crippen LogP contribution is 2.15. The largest absolute Gasteiger partial charge is 0.465 e. The summed E-state index contributed by atoms with van der Waals surface area (Å²) in [4.78, 5) is 14.5. The first-order valence-electron chi connectivity index (χ1n) is 7.45. The van der Waals surface area contributed by atoms with Gasteiger partial charge in [-0.1, -0.05) is 13.8 Å². The summed E-state index contributed by atoms with van der Waals surface area (Å²) in [7, 11) is 2.08. The van der Waals surface area contributed by atoms with E-state index in [0.717, 1.165) is 12.8 Å². The third-order valence-corrected chi connectivity index (χ3v) is 3.46. The van der Waals surface area contributed by atoms with Gasteiger partial charge >= 0.3 is 5.97 Å². The van der Waals surface area contributed by atoms with Gasteiger partial charge in [0.05, 0.1) is 6.61 Å². The van der Waals surface area contributed by atoms with Crippen LogP contribution >= 0.6 is 0 Å². The molecule has 0 amide bonds. The monoisotopic (exact) mass is 272 g/mol. The van der Waals surface area contributed by atoms with Crippen molar-refractivity contribution in [3.63, 3.8) is 0 Å². The molecule has 0 saturated heterocycles. The maximum Gasteiger partial charge on any atom is 0.327 e. The van der Waals surface area contributed by atoms with Crippen molar-refractivity contribution in [3.05, 3.63) is 0 Å². The molecule has 0 aliphatic rings. The van der Waals surface area contributed by atoms with Crippen molar-refractivity contribution < 1.29 is 9.53 Å². The minimum atomic E-state index is -0.651. The van der Waals surface area contributed by atoms with Crippen molar-refractivity contribution in [2.24, 2.45) is 0 Å². The van der Waals surface area contributed by atoms with E-state index in [-0.39, 0.29) is 12.0 Å². The zero-order valence-corrected chi connectivity index (χ0v) is 13.7. The van der Waals surface area contributed by atoms with Gasteiger partial charge in [0.2, 0.25) is 0 Å². The van der Waals surface area contributed by atoms with E-state index in [2.05, 4.69) is 45.0 Å². The summed E-state index contributed by atoms with van der Waals surface area (Å²) in [5.74, 6) is -0.165. The zero-order valence-electron chi connectivity index (χ0n) is 13.7. The summed E-state index contributed by atoms with van der Waals surface area (Å²) in [5.41, 5.74) is -0.651. The van der Waals surface area contributed by atoms with Crippen molar-refractivity contribution in [1.29, 1.82) is 0 Å². The number of rotatable bonds is 9. The minimum Gasteiger partial charge on any atom is -0.465 e. The molecule has 4 heteroatoms. The number of carbonyl (C=O) groups excluding carboxylic acids is 1. The number of nitrogens with one attached hydrogen (secondary N) is 1. The van der Waals surface area contributed by atoms with Crippen LogP contribution in [0.4, 0.5) is 0 Å². The lowest BCUT2D eigenvalue weighted by molar-refractivity contribution is -0.151. The molecule has 0 spiro atoms. The van der Waals surface area contributed by atoms with Crippen molar-refractivity contribution in [1.82, 2.24) is 10.2 Å². The van der Waals surface area contributed by atoms with Crippen molar-refractivity contribution in [2.75, 3.05) is 20.2 Å². The Kier molecular flexibility index (Phi) is 8.26. The molecule has 0 radical (unpaired) electrons. The van der Waals surface area contributed by atoms with Gasteiger partial charge in [-0.2, -0.15) is 0 Å². The molecular weight excluding hydrogens is 240 g/mol. The summed E-state index contributed by atoms with van der Waals surface area (Å²) in [6.07, 6.45) is 2.18. The molecule has 114 valence electrons. The molecular formula is C15H32N2O2. The summed E-state index contributed by atoms with van der Waals surface area (Å²) < 4.78 is 5.23. The average molecular weight is 272 g/mol. The molecule has 0 heterocycles. The normalized spacial score (nSPS) is 15.1. The first-order chi connectivity index (χ1) is 8.80. The minimum absolute atomic E-state index is 0.165. The molecule has 0 rings (SSSR count). The number of hydrogen-bond acceptors (Lipinski definition) is 4. The van der Waals surface area contributed by atoms with Crippen LogP contribution in [0.1, 0.15) is 54.4 Å². The highest BCUT2D eigenvalue weighted by molar-refractivity contribution is 5.80. The number of carbonyl (C=O) groups is 1. The Morgan fingerprint density at radius 3 is 2.16 bits per heavy atom. The number of likely N-dealkylation sites (N-methyl/N-ethyl adjacent to an activating group) is 1. The average Bonchev–Trinajstić information content (AvgIpc) is 2.29. The molecule has 1 atom stereocenters. The maximum atomic E-state index is 12.2. The molecule has 0 aromatic rings. The second-order valence-corrected chi connectivity index (χ2v) is 5.74. The van der Waals surface area contributed by atoms with Gasteiger partial charge in [0.15, 0.2) is 0 Å². The highest BCUT2D eigenvalue weighted by Gasteiger charge is 2.37. The second-order valence-electron chi connectivity index (χ2n) is 5.74. The van der Waals surface area contributed by atoms with Crippen LogP contribution in [0.2, 0.25) is 0 Å². The van der Waals surface area contributed by atoms with E-state index in [1.54, 1.807) is 0 Å². The Labute approximate surface area is 118 Å². The van der Waals surface area contributed by atoms with Gasteiger partial charge in [-0.3, -0.25) is 10.1 Å². The third kappa shape index (κ3) is 5.91. The molecule has 1 N–H and O–H groups in total. The van der Waals surface area contributed by atoms with E-state index in [1.165, 1.54) is 0 Å². The van der Waals surface area contributed by atoms with Gasteiger partial charge in [0.1, 0.15) is 5.54 Å². The van der Waals surface area contributed by atoms with Crippen LogP contribution in [-0.2, 0) is 9.53 Å². The molecule has 0 aliphatic heterocycles. The predicted octanol–water partition coefficient (Wildman–Crippen LogP) is 2.43. The van der Waals surface area contributed by atoms with Crippen LogP contribution in [0.5, 0.6) is 0 Å². The number of nitrogens with zero attached hydrogens (tertiary/aromatic N) is 1. The molecule has 4 nitrogen and oxygen atoms in total. The van der Waals surface area contributed by atoms with Crippen LogP contribution in [0.25, 0.3) is 0 Å². The molecule has 0 aliphatic carbocycles. The molecule has 19 heavy (non-hydrogen) atoms. The fraction of sp³-hybridized carbons (Fsp3) is 0.933. The fourth-order valence-electron chi connectivity index (χ4n) is 2.64. The van der Waals surface area contributed by atoms with Crippen LogP contribution in [-0.4, -0.2) is 48.7 Å². The fourth-order valence-corrected chi connectivity index (χ4v) is 2.64. The number of esters is 1. The molecule has 0 bridgehead atoms. The first kappa shape index (κ1) is 18.4. The van der Waals surface area contributed by atoms with Crippen molar-refractivity contribution in [2.45, 2.75) is 72.0 Å². The Bertz CT molecular complexity index is 265. The molecule has 1 unspecified atom stereocenters. The summed E-state index contributed by atoms with van der Waals surface area (Å²) in [5, 5.41) is 3.36. The lowest BCUT2D eigenvalue weighted by Crippen LogP contribution is -2.60. The summed E-state index contributed by atoms with van der Waals surface area (Å²) in [6.45, 7) is 13.3. The van der Waals surface area contributed by atoms with Gasteiger partial charge in [0, 0.05) is 18.6 Å². The van der Waals surface area contributed by atoms with Gasteiger partial charge < -0.3 is 9.64 Å². The zero-order chi connectivity index (χ0) is 15.1. The Hall–Kier alpha value is -0.610. The quantitative estimate of drug-likeness (QED) is 0.655. The Balaban J connectivity index is 4.89. The van der Waals surface area contributed by atoms with Gasteiger partial charge in [-0.25, -0.2) is 0 Å². The number of ether oxygens (including phenoxy) is 1. The smallest absolute Gasteiger partial charge is 0.327 e. The van der Waals surface area contributed by atoms with Gasteiger partial charge in [-0.05, 0) is 47.6 Å². The lowest BCUT2D eigenvalue weighted by atomic mass is 9.98. The van der Waals surface area contributed by atoms with Crippen LogP contribution in [0, 0.1) is 0 Å². The first-order valence-corrected chi connectivity index (χ1v) is 7.45. The summed E-state index contributed by atoms with van der Waals surface area (Å²) in [6, 6.07) is 0.743. The van der Waals surface area contributed by atoms with E-state index in [4.69, 9.17) is 4.74 Å². The van der Waals surface area contributed by atoms with Crippen LogP contribution < -0.4 is 5.32 Å². The molecule has 0 aromatic carbocycles. The third-order valence-electron chi connectivity index (χ3n) is 3.46. The van der Waals surface area contributed by atoms with E-state index in [9.17, 15) is 4.79 Å². The molecule has 0 aromatic heterocycles. The van der Waals surface area contributed by atoms with E-state index >= 15 is 0 Å². The molecule has 0 saturated carbocycles. The van der Waals surface area contributed by atoms with E-state index < -0.39 is 5.54 Å². The van der Waals surface area contributed by atoms with Gasteiger partial charge in [-0.15, -0.1) is 0 Å². The Morgan fingerprint density at radius 2 is 1.79 bits per heavy atom. The number of hydrogen-bond donors (Lipinski definition) is 1. The lowest BCUT2D eigenvalue weighted by Gasteiger charge is -2.37. The van der Waals surface area contributed by atoms with Crippen LogP contribution in [0.3, 0.4) is 0 Å². The summed E-state index contributed by atoms with van der Waals surface area (Å²) >= 11 is 0. The van der Waals surface area contributed by atoms with E-state index in [0.29, 0.717) is 19.2 Å². The molecule has 0 fully saturated rings. The SMILES string of the molecule is CCOC(=O)C(C)(CN(C)C(CC)CC)NC(C)C. The predicted molar refractivity (Wildman–Crippen MR) is 80.3 cm³/mol. The topological polar surface area (TPSA) is 41.6 Å². The van der Waals surface area contributed by atoms with Crippen molar-refractivity contribution in [3.8, 4) is 0 Å². The standard InChI is InChI=1S/C15H32N2O2/c1-8-13(9-2)17(7)11-15(6,16-12(4)5)14(18)19-10-3/h12-13,16H,8-11H2,1-7H3. The van der Waals surface area contributed by atoms with E-state index in [1.807, 2.05) is 13.8 Å². The van der Waals surface area contributed by atoms with Crippen LogP contribution in [0.15, 0.2) is 0 Å². The highest BCUT2D eigenvalue weighted by atomic mass is 16.5.